The van der Waals surface area contributed by atoms with Gasteiger partial charge in [-0.25, -0.2) is 9.78 Å². The van der Waals surface area contributed by atoms with Crippen LogP contribution < -0.4 is 11.3 Å². The van der Waals surface area contributed by atoms with E-state index in [1.54, 1.807) is 4.57 Å². The van der Waals surface area contributed by atoms with Gasteiger partial charge >= 0.3 is 11.7 Å². The van der Waals surface area contributed by atoms with E-state index in [1.165, 1.54) is 0 Å². The number of hydrogen-bond donors (Lipinski definition) is 1. The monoisotopic (exact) mass is 558 g/mol. The molecule has 0 fully saturated rings. The van der Waals surface area contributed by atoms with E-state index in [4.69, 9.17) is 14.2 Å². The van der Waals surface area contributed by atoms with Gasteiger partial charge in [0.25, 0.3) is 5.56 Å². The minimum absolute atomic E-state index is 0.00447. The van der Waals surface area contributed by atoms with Crippen LogP contribution >= 0.6 is 0 Å². The van der Waals surface area contributed by atoms with Crippen molar-refractivity contribution in [2.24, 2.45) is 0 Å². The third-order valence-corrected chi connectivity index (χ3v) is 6.98. The average molecular weight is 559 g/mol. The molecule has 0 radical (unpaired) electrons. The van der Waals surface area contributed by atoms with Crippen molar-refractivity contribution in [2.75, 3.05) is 6.61 Å². The Balaban J connectivity index is 1.68. The third kappa shape index (κ3) is 7.28. The van der Waals surface area contributed by atoms with Crippen LogP contribution in [0.3, 0.4) is 0 Å². The SMILES string of the molecule is CCCCOC(=O)Cc1c(C(C)C)nc(CCCC)n(Cc2ccc(-c3ccccc3-c3noc(=O)[nH]3)cc2)c1=O. The van der Waals surface area contributed by atoms with Gasteiger partial charge < -0.3 is 4.74 Å². The fourth-order valence-electron chi connectivity index (χ4n) is 4.77. The lowest BCUT2D eigenvalue weighted by Gasteiger charge is -2.19. The van der Waals surface area contributed by atoms with Crippen LogP contribution in [0.2, 0.25) is 0 Å². The zero-order valence-electron chi connectivity index (χ0n) is 24.2. The Bertz CT molecular complexity index is 1580. The molecule has 0 saturated heterocycles. The molecule has 2 aromatic carbocycles. The summed E-state index contributed by atoms with van der Waals surface area (Å²) in [5, 5.41) is 3.84. The number of esters is 1. The van der Waals surface area contributed by atoms with Crippen molar-refractivity contribution < 1.29 is 14.1 Å². The topological polar surface area (TPSA) is 120 Å². The Morgan fingerprint density at radius 3 is 2.34 bits per heavy atom. The molecule has 0 amide bonds. The summed E-state index contributed by atoms with van der Waals surface area (Å²) < 4.78 is 11.8. The van der Waals surface area contributed by atoms with Crippen molar-refractivity contribution >= 4 is 5.97 Å². The van der Waals surface area contributed by atoms with Gasteiger partial charge in [-0.15, -0.1) is 0 Å². The van der Waals surface area contributed by atoms with E-state index in [0.29, 0.717) is 36.7 Å². The average Bonchev–Trinajstić information content (AvgIpc) is 3.41. The van der Waals surface area contributed by atoms with Crippen LogP contribution in [-0.2, 0) is 28.9 Å². The summed E-state index contributed by atoms with van der Waals surface area (Å²) in [6, 6.07) is 15.5. The number of aromatic nitrogens is 4. The lowest BCUT2D eigenvalue weighted by Crippen LogP contribution is -2.32. The molecule has 41 heavy (non-hydrogen) atoms. The van der Waals surface area contributed by atoms with Crippen LogP contribution in [0.25, 0.3) is 22.5 Å². The second-order valence-corrected chi connectivity index (χ2v) is 10.5. The molecule has 0 atom stereocenters. The second-order valence-electron chi connectivity index (χ2n) is 10.5. The maximum absolute atomic E-state index is 13.9. The number of benzene rings is 2. The Labute approximate surface area is 239 Å². The highest BCUT2D eigenvalue weighted by molar-refractivity contribution is 5.80. The van der Waals surface area contributed by atoms with E-state index < -0.39 is 11.7 Å². The van der Waals surface area contributed by atoms with Gasteiger partial charge in [0, 0.05) is 12.0 Å². The molecule has 4 rings (SSSR count). The summed E-state index contributed by atoms with van der Waals surface area (Å²) in [4.78, 5) is 45.6. The first-order valence-electron chi connectivity index (χ1n) is 14.3. The number of carbonyl (C=O) groups is 1. The van der Waals surface area contributed by atoms with E-state index in [1.807, 2.05) is 69.3 Å². The molecule has 9 nitrogen and oxygen atoms in total. The van der Waals surface area contributed by atoms with Gasteiger partial charge in [0.2, 0.25) is 0 Å². The molecule has 2 aromatic heterocycles. The predicted molar refractivity (Wildman–Crippen MR) is 158 cm³/mol. The minimum atomic E-state index is -0.611. The summed E-state index contributed by atoms with van der Waals surface area (Å²) in [6.07, 6.45) is 4.18. The highest BCUT2D eigenvalue weighted by Crippen LogP contribution is 2.30. The molecule has 0 aliphatic rings. The molecule has 0 saturated carbocycles. The highest BCUT2D eigenvalue weighted by Gasteiger charge is 2.22. The summed E-state index contributed by atoms with van der Waals surface area (Å²) in [5.41, 5.74) is 4.37. The minimum Gasteiger partial charge on any atom is -0.465 e. The van der Waals surface area contributed by atoms with Crippen LogP contribution in [0.5, 0.6) is 0 Å². The normalized spacial score (nSPS) is 11.2. The number of aromatic amines is 1. The Kier molecular flexibility index (Phi) is 10.1. The zero-order valence-corrected chi connectivity index (χ0v) is 24.2. The van der Waals surface area contributed by atoms with Crippen LogP contribution in [-0.4, -0.2) is 32.3 Å². The molecule has 1 N–H and O–H groups in total. The van der Waals surface area contributed by atoms with Crippen LogP contribution in [0, 0.1) is 0 Å². The van der Waals surface area contributed by atoms with Crippen LogP contribution in [0.15, 0.2) is 62.6 Å². The van der Waals surface area contributed by atoms with Crippen LogP contribution in [0.1, 0.15) is 81.9 Å². The number of H-pyrrole nitrogens is 1. The maximum atomic E-state index is 13.9. The zero-order chi connectivity index (χ0) is 29.4. The Morgan fingerprint density at radius 2 is 1.71 bits per heavy atom. The number of ether oxygens (including phenoxy) is 1. The van der Waals surface area contributed by atoms with E-state index >= 15 is 0 Å². The molecule has 0 spiro atoms. The molecule has 0 bridgehead atoms. The number of hydrogen-bond acceptors (Lipinski definition) is 7. The molecule has 4 aromatic rings. The van der Waals surface area contributed by atoms with Gasteiger partial charge in [-0.3, -0.25) is 23.7 Å². The van der Waals surface area contributed by atoms with Gasteiger partial charge in [0.1, 0.15) is 5.82 Å². The van der Waals surface area contributed by atoms with E-state index in [2.05, 4.69) is 17.1 Å². The maximum Gasteiger partial charge on any atom is 0.439 e. The fraction of sp³-hybridized carbons (Fsp3) is 0.406. The summed E-state index contributed by atoms with van der Waals surface area (Å²) in [7, 11) is 0. The molecular formula is C32H38N4O5. The van der Waals surface area contributed by atoms with Gasteiger partial charge in [-0.2, -0.15) is 0 Å². The Hall–Kier alpha value is -4.27. The lowest BCUT2D eigenvalue weighted by molar-refractivity contribution is -0.142. The smallest absolute Gasteiger partial charge is 0.439 e. The molecule has 9 heteroatoms. The summed E-state index contributed by atoms with van der Waals surface area (Å²) >= 11 is 0. The van der Waals surface area contributed by atoms with Crippen molar-refractivity contribution in [3.63, 3.8) is 0 Å². The fourth-order valence-corrected chi connectivity index (χ4v) is 4.77. The highest BCUT2D eigenvalue weighted by atomic mass is 16.5. The molecule has 2 heterocycles. The number of nitrogens with one attached hydrogen (secondary N) is 1. The van der Waals surface area contributed by atoms with Gasteiger partial charge in [-0.05, 0) is 35.4 Å². The van der Waals surface area contributed by atoms with E-state index in [0.717, 1.165) is 53.8 Å². The second kappa shape index (κ2) is 13.9. The molecule has 216 valence electrons. The van der Waals surface area contributed by atoms with E-state index in [-0.39, 0.29) is 17.9 Å². The largest absolute Gasteiger partial charge is 0.465 e. The Morgan fingerprint density at radius 1 is 1.00 bits per heavy atom. The predicted octanol–water partition coefficient (Wildman–Crippen LogP) is 5.65. The van der Waals surface area contributed by atoms with E-state index in [9.17, 15) is 14.4 Å². The summed E-state index contributed by atoms with van der Waals surface area (Å²) in [5.74, 6) is 0.0748. The number of aryl methyl sites for hydroxylation is 1. The molecular weight excluding hydrogens is 520 g/mol. The quantitative estimate of drug-likeness (QED) is 0.166. The number of unbranched alkanes of at least 4 members (excludes halogenated alkanes) is 2. The van der Waals surface area contributed by atoms with Gasteiger partial charge in [0.05, 0.1) is 30.8 Å². The lowest BCUT2D eigenvalue weighted by atomic mass is 9.98. The first-order chi connectivity index (χ1) is 19.8. The van der Waals surface area contributed by atoms with Crippen molar-refractivity contribution in [2.45, 2.75) is 78.7 Å². The molecule has 0 aliphatic heterocycles. The molecule has 0 unspecified atom stereocenters. The first-order valence-corrected chi connectivity index (χ1v) is 14.3. The standard InChI is InChI=1S/C32H38N4O5/c1-5-7-13-27-33-29(21(3)4)26(19-28(37)40-18-8-6-2)31(38)36(27)20-22-14-16-23(17-15-22)24-11-9-10-12-25(24)30-34-32(39)41-35-30/h9-12,14-17,21H,5-8,13,18-20H2,1-4H3,(H,34,35,39). The molecule has 0 aliphatic carbocycles. The van der Waals surface area contributed by atoms with Crippen molar-refractivity contribution in [1.82, 2.24) is 19.7 Å². The third-order valence-electron chi connectivity index (χ3n) is 6.98. The van der Waals surface area contributed by atoms with Gasteiger partial charge in [-0.1, -0.05) is 94.2 Å². The van der Waals surface area contributed by atoms with Crippen molar-refractivity contribution in [3.05, 3.63) is 92.1 Å². The first kappa shape index (κ1) is 29.7. The summed E-state index contributed by atoms with van der Waals surface area (Å²) in [6.45, 7) is 8.81. The van der Waals surface area contributed by atoms with Crippen molar-refractivity contribution in [3.8, 4) is 22.5 Å². The number of nitrogens with zero attached hydrogens (tertiary/aromatic N) is 3. The number of rotatable bonds is 13. The van der Waals surface area contributed by atoms with Crippen LogP contribution in [0.4, 0.5) is 0 Å². The van der Waals surface area contributed by atoms with Gasteiger partial charge in [0.15, 0.2) is 5.82 Å². The van der Waals surface area contributed by atoms with Crippen molar-refractivity contribution in [1.29, 1.82) is 0 Å². The number of carbonyl (C=O) groups excluding carboxylic acids is 1.